The maximum atomic E-state index is 12.1. The highest BCUT2D eigenvalue weighted by Gasteiger charge is 2.26. The second-order valence-corrected chi connectivity index (χ2v) is 4.48. The molecule has 1 aromatic carbocycles. The van der Waals surface area contributed by atoms with Crippen molar-refractivity contribution in [1.29, 1.82) is 0 Å². The van der Waals surface area contributed by atoms with Crippen molar-refractivity contribution in [2.75, 3.05) is 5.32 Å². The molecule has 0 amide bonds. The summed E-state index contributed by atoms with van der Waals surface area (Å²) in [5, 5.41) is 4.89. The smallest absolute Gasteiger partial charge is 0.298 e. The van der Waals surface area contributed by atoms with Gasteiger partial charge in [0.25, 0.3) is 5.56 Å². The highest BCUT2D eigenvalue weighted by molar-refractivity contribution is 6.41. The second kappa shape index (κ2) is 5.34. The Bertz CT molecular complexity index is 683. The van der Waals surface area contributed by atoms with E-state index in [1.807, 2.05) is 0 Å². The molecule has 2 rings (SSSR count). The molecule has 0 bridgehead atoms. The lowest BCUT2D eigenvalue weighted by Gasteiger charge is -2.10. The molecule has 20 heavy (non-hydrogen) atoms. The predicted octanol–water partition coefficient (Wildman–Crippen LogP) is 3.47. The van der Waals surface area contributed by atoms with Crippen LogP contribution in [0.5, 0.6) is 0 Å². The van der Waals surface area contributed by atoms with Gasteiger partial charge in [-0.3, -0.25) is 10.1 Å². The largest absolute Gasteiger partial charge is 0.482 e. The SMILES string of the molecule is O=c1c(Cl)c(Cl)cnn1-c1ccc(NC(F)(F)F)cc1. The van der Waals surface area contributed by atoms with Crippen molar-refractivity contribution in [3.63, 3.8) is 0 Å². The van der Waals surface area contributed by atoms with Gasteiger partial charge in [-0.05, 0) is 24.3 Å². The number of nitrogens with one attached hydrogen (secondary N) is 1. The minimum Gasteiger partial charge on any atom is -0.298 e. The van der Waals surface area contributed by atoms with E-state index in [-0.39, 0.29) is 21.4 Å². The van der Waals surface area contributed by atoms with Gasteiger partial charge < -0.3 is 0 Å². The van der Waals surface area contributed by atoms with Gasteiger partial charge in [0.2, 0.25) is 0 Å². The van der Waals surface area contributed by atoms with Gasteiger partial charge in [0.05, 0.1) is 16.9 Å². The van der Waals surface area contributed by atoms with Crippen LogP contribution in [-0.2, 0) is 0 Å². The first-order valence-corrected chi connectivity index (χ1v) is 5.92. The molecule has 0 aliphatic heterocycles. The molecule has 0 fully saturated rings. The van der Waals surface area contributed by atoms with Gasteiger partial charge >= 0.3 is 6.30 Å². The molecule has 0 atom stereocenters. The minimum atomic E-state index is -4.53. The Morgan fingerprint density at radius 2 is 1.75 bits per heavy atom. The first-order chi connectivity index (χ1) is 9.28. The summed E-state index contributed by atoms with van der Waals surface area (Å²) in [6.45, 7) is 0. The molecule has 0 radical (unpaired) electrons. The van der Waals surface area contributed by atoms with Crippen molar-refractivity contribution in [2.24, 2.45) is 0 Å². The van der Waals surface area contributed by atoms with E-state index in [1.165, 1.54) is 35.8 Å². The molecule has 4 nitrogen and oxygen atoms in total. The number of alkyl halides is 3. The average Bonchev–Trinajstić information content (AvgIpc) is 2.36. The number of rotatable bonds is 2. The van der Waals surface area contributed by atoms with Crippen molar-refractivity contribution in [3.8, 4) is 5.69 Å². The van der Waals surface area contributed by atoms with E-state index in [0.29, 0.717) is 0 Å². The fourth-order valence-electron chi connectivity index (χ4n) is 1.45. The van der Waals surface area contributed by atoms with E-state index in [4.69, 9.17) is 23.2 Å². The van der Waals surface area contributed by atoms with Crippen LogP contribution in [0.25, 0.3) is 5.69 Å². The number of hydrogen-bond acceptors (Lipinski definition) is 3. The van der Waals surface area contributed by atoms with Crippen LogP contribution in [0.15, 0.2) is 35.3 Å². The van der Waals surface area contributed by atoms with Crippen LogP contribution in [0.2, 0.25) is 10.0 Å². The fraction of sp³-hybridized carbons (Fsp3) is 0.0909. The van der Waals surface area contributed by atoms with Crippen LogP contribution >= 0.6 is 23.2 Å². The zero-order valence-corrected chi connectivity index (χ0v) is 11.1. The molecule has 0 aliphatic rings. The molecular formula is C11H6Cl2F3N3O. The molecule has 0 aliphatic carbocycles. The maximum Gasteiger partial charge on any atom is 0.482 e. The molecule has 0 saturated carbocycles. The van der Waals surface area contributed by atoms with E-state index >= 15 is 0 Å². The van der Waals surface area contributed by atoms with Crippen molar-refractivity contribution in [1.82, 2.24) is 9.78 Å². The standard InChI is InChI=1S/C11H6Cl2F3N3O/c12-8-5-17-19(10(20)9(8)13)7-3-1-6(2-4-7)18-11(14,15)16/h1-5,18H. The minimum absolute atomic E-state index is 0.00303. The first kappa shape index (κ1) is 14.7. The molecule has 1 N–H and O–H groups in total. The normalized spacial score (nSPS) is 11.4. The number of benzene rings is 1. The van der Waals surface area contributed by atoms with Gasteiger partial charge in [-0.25, -0.2) is 0 Å². The summed E-state index contributed by atoms with van der Waals surface area (Å²) in [5.41, 5.74) is -0.550. The van der Waals surface area contributed by atoms with E-state index in [0.717, 1.165) is 4.68 Å². The summed E-state index contributed by atoms with van der Waals surface area (Å²) >= 11 is 11.3. The van der Waals surface area contributed by atoms with Crippen molar-refractivity contribution in [2.45, 2.75) is 6.30 Å². The van der Waals surface area contributed by atoms with Gasteiger partial charge in [-0.15, -0.1) is 0 Å². The summed E-state index contributed by atoms with van der Waals surface area (Å²) in [6.07, 6.45) is -3.35. The molecular weight excluding hydrogens is 318 g/mol. The molecule has 0 saturated heterocycles. The van der Waals surface area contributed by atoms with E-state index < -0.39 is 11.9 Å². The number of aromatic nitrogens is 2. The van der Waals surface area contributed by atoms with Crippen molar-refractivity contribution >= 4 is 28.9 Å². The van der Waals surface area contributed by atoms with Crippen LogP contribution in [0, 0.1) is 0 Å². The predicted molar refractivity (Wildman–Crippen MR) is 69.5 cm³/mol. The Morgan fingerprint density at radius 1 is 1.15 bits per heavy atom. The van der Waals surface area contributed by atoms with Crippen LogP contribution in [0.4, 0.5) is 18.9 Å². The Kier molecular flexibility index (Phi) is 3.92. The number of halogens is 5. The van der Waals surface area contributed by atoms with Gasteiger partial charge in [0.15, 0.2) is 0 Å². The van der Waals surface area contributed by atoms with E-state index in [9.17, 15) is 18.0 Å². The fourth-order valence-corrected chi connectivity index (χ4v) is 1.70. The molecule has 0 spiro atoms. The summed E-state index contributed by atoms with van der Waals surface area (Å²) in [6, 6.07) is 4.93. The lowest BCUT2D eigenvalue weighted by molar-refractivity contribution is -0.0999. The average molecular weight is 324 g/mol. The van der Waals surface area contributed by atoms with E-state index in [2.05, 4.69) is 5.10 Å². The topological polar surface area (TPSA) is 46.9 Å². The van der Waals surface area contributed by atoms with Gasteiger partial charge in [-0.2, -0.15) is 23.0 Å². The zero-order chi connectivity index (χ0) is 14.9. The number of anilines is 1. The van der Waals surface area contributed by atoms with Gasteiger partial charge in [-0.1, -0.05) is 23.2 Å². The summed E-state index contributed by atoms with van der Waals surface area (Å²) in [5.74, 6) is 0. The Labute approximate surface area is 120 Å². The second-order valence-electron chi connectivity index (χ2n) is 3.69. The van der Waals surface area contributed by atoms with Crippen LogP contribution in [-0.4, -0.2) is 16.1 Å². The lowest BCUT2D eigenvalue weighted by atomic mass is 10.3. The molecule has 106 valence electrons. The highest BCUT2D eigenvalue weighted by Crippen LogP contribution is 2.21. The monoisotopic (exact) mass is 323 g/mol. The Morgan fingerprint density at radius 3 is 2.30 bits per heavy atom. The third-order valence-corrected chi connectivity index (χ3v) is 3.02. The summed E-state index contributed by atoms with van der Waals surface area (Å²) < 4.78 is 37.3. The molecule has 1 heterocycles. The summed E-state index contributed by atoms with van der Waals surface area (Å²) in [7, 11) is 0. The third-order valence-electron chi connectivity index (χ3n) is 2.27. The first-order valence-electron chi connectivity index (χ1n) is 5.16. The van der Waals surface area contributed by atoms with E-state index in [1.54, 1.807) is 0 Å². The molecule has 1 aromatic heterocycles. The lowest BCUT2D eigenvalue weighted by Crippen LogP contribution is -2.22. The quantitative estimate of drug-likeness (QED) is 0.861. The number of hydrogen-bond donors (Lipinski definition) is 1. The van der Waals surface area contributed by atoms with Gasteiger partial charge in [0, 0.05) is 5.69 Å². The molecule has 0 unspecified atom stereocenters. The maximum absolute atomic E-state index is 12.1. The van der Waals surface area contributed by atoms with Crippen LogP contribution in [0.3, 0.4) is 0 Å². The number of nitrogens with zero attached hydrogens (tertiary/aromatic N) is 2. The third kappa shape index (κ3) is 3.23. The van der Waals surface area contributed by atoms with Crippen LogP contribution in [0.1, 0.15) is 0 Å². The Hall–Kier alpha value is -1.73. The molecule has 2 aromatic rings. The van der Waals surface area contributed by atoms with Crippen LogP contribution < -0.4 is 10.9 Å². The van der Waals surface area contributed by atoms with Crippen molar-refractivity contribution < 1.29 is 13.2 Å². The molecule has 9 heteroatoms. The summed E-state index contributed by atoms with van der Waals surface area (Å²) in [4.78, 5) is 11.8. The Balaban J connectivity index is 2.36. The van der Waals surface area contributed by atoms with Gasteiger partial charge in [0.1, 0.15) is 5.02 Å². The zero-order valence-electron chi connectivity index (χ0n) is 9.58. The van der Waals surface area contributed by atoms with Crippen molar-refractivity contribution in [3.05, 3.63) is 50.9 Å². The highest BCUT2D eigenvalue weighted by atomic mass is 35.5.